The smallest absolute Gasteiger partial charge is 0.317 e. The molecule has 0 spiro atoms. The van der Waals surface area contributed by atoms with E-state index in [0.717, 1.165) is 37.9 Å². The van der Waals surface area contributed by atoms with Gasteiger partial charge in [0.1, 0.15) is 0 Å². The molecule has 3 rings (SSSR count). The molecule has 1 saturated heterocycles. The molecule has 0 saturated carbocycles. The van der Waals surface area contributed by atoms with Crippen LogP contribution in [0, 0.1) is 5.92 Å². The SMILES string of the molecule is FC(F)(F)c1cc(CC2CCNCC2)cc2ccccc12. The van der Waals surface area contributed by atoms with Crippen molar-refractivity contribution in [1.82, 2.24) is 5.32 Å². The molecule has 1 nitrogen and oxygen atoms in total. The molecule has 21 heavy (non-hydrogen) atoms. The largest absolute Gasteiger partial charge is 0.417 e. The zero-order chi connectivity index (χ0) is 14.9. The van der Waals surface area contributed by atoms with Crippen molar-refractivity contribution in [2.45, 2.75) is 25.4 Å². The summed E-state index contributed by atoms with van der Waals surface area (Å²) < 4.78 is 39.8. The predicted molar refractivity (Wildman–Crippen MR) is 78.2 cm³/mol. The Morgan fingerprint density at radius 3 is 2.48 bits per heavy atom. The Balaban J connectivity index is 1.99. The molecule has 4 heteroatoms. The molecule has 1 heterocycles. The van der Waals surface area contributed by atoms with Gasteiger partial charge in [0.05, 0.1) is 5.56 Å². The fourth-order valence-corrected chi connectivity index (χ4v) is 3.14. The molecular formula is C17H18F3N. The molecule has 1 aliphatic heterocycles. The van der Waals surface area contributed by atoms with Crippen LogP contribution in [0.25, 0.3) is 10.8 Å². The third-order valence-corrected chi connectivity index (χ3v) is 4.21. The number of piperidine rings is 1. The van der Waals surface area contributed by atoms with E-state index in [1.807, 2.05) is 6.07 Å². The summed E-state index contributed by atoms with van der Waals surface area (Å²) in [4.78, 5) is 0. The highest BCUT2D eigenvalue weighted by molar-refractivity contribution is 5.87. The second-order valence-electron chi connectivity index (χ2n) is 5.76. The van der Waals surface area contributed by atoms with Crippen molar-refractivity contribution in [3.05, 3.63) is 47.5 Å². The van der Waals surface area contributed by atoms with Crippen molar-refractivity contribution in [3.8, 4) is 0 Å². The second kappa shape index (κ2) is 5.68. The topological polar surface area (TPSA) is 12.0 Å². The van der Waals surface area contributed by atoms with Gasteiger partial charge in [-0.3, -0.25) is 0 Å². The van der Waals surface area contributed by atoms with E-state index in [2.05, 4.69) is 5.32 Å². The molecule has 0 radical (unpaired) electrons. The first-order valence-corrected chi connectivity index (χ1v) is 7.33. The van der Waals surface area contributed by atoms with Gasteiger partial charge in [0.2, 0.25) is 0 Å². The Hall–Kier alpha value is -1.55. The lowest BCUT2D eigenvalue weighted by molar-refractivity contribution is -0.136. The number of rotatable bonds is 2. The quantitative estimate of drug-likeness (QED) is 0.865. The fourth-order valence-electron chi connectivity index (χ4n) is 3.14. The highest BCUT2D eigenvalue weighted by atomic mass is 19.4. The van der Waals surface area contributed by atoms with Gasteiger partial charge >= 0.3 is 6.18 Å². The van der Waals surface area contributed by atoms with Gasteiger partial charge in [-0.05, 0) is 60.7 Å². The van der Waals surface area contributed by atoms with Gasteiger partial charge in [-0.25, -0.2) is 0 Å². The van der Waals surface area contributed by atoms with Crippen LogP contribution in [0.5, 0.6) is 0 Å². The third kappa shape index (κ3) is 3.21. The molecule has 0 aliphatic carbocycles. The normalized spacial score (nSPS) is 17.3. The number of fused-ring (bicyclic) bond motifs is 1. The summed E-state index contributed by atoms with van der Waals surface area (Å²) in [6.07, 6.45) is -1.50. The average Bonchev–Trinajstić information content (AvgIpc) is 2.46. The van der Waals surface area contributed by atoms with Crippen molar-refractivity contribution >= 4 is 10.8 Å². The predicted octanol–water partition coefficient (Wildman–Crippen LogP) is 4.40. The van der Waals surface area contributed by atoms with E-state index in [1.54, 1.807) is 24.3 Å². The van der Waals surface area contributed by atoms with E-state index in [1.165, 1.54) is 6.07 Å². The van der Waals surface area contributed by atoms with Crippen LogP contribution in [0.15, 0.2) is 36.4 Å². The summed E-state index contributed by atoms with van der Waals surface area (Å²) >= 11 is 0. The Morgan fingerprint density at radius 2 is 1.76 bits per heavy atom. The van der Waals surface area contributed by atoms with Crippen LogP contribution in [0.4, 0.5) is 13.2 Å². The molecule has 2 aromatic carbocycles. The maximum absolute atomic E-state index is 13.3. The molecule has 1 aliphatic rings. The van der Waals surface area contributed by atoms with E-state index in [0.29, 0.717) is 16.7 Å². The number of halogens is 3. The minimum atomic E-state index is -4.30. The molecule has 1 fully saturated rings. The summed E-state index contributed by atoms with van der Waals surface area (Å²) in [5.74, 6) is 0.480. The summed E-state index contributed by atoms with van der Waals surface area (Å²) in [5.41, 5.74) is 0.289. The maximum atomic E-state index is 13.3. The second-order valence-corrected chi connectivity index (χ2v) is 5.76. The molecule has 0 atom stereocenters. The Bertz CT molecular complexity index is 627. The lowest BCUT2D eigenvalue weighted by atomic mass is 9.89. The Labute approximate surface area is 122 Å². The van der Waals surface area contributed by atoms with Gasteiger partial charge < -0.3 is 5.32 Å². The molecule has 0 aromatic heterocycles. The lowest BCUT2D eigenvalue weighted by Crippen LogP contribution is -2.28. The fraction of sp³-hybridized carbons (Fsp3) is 0.412. The van der Waals surface area contributed by atoms with E-state index in [9.17, 15) is 13.2 Å². The van der Waals surface area contributed by atoms with Crippen LogP contribution < -0.4 is 5.32 Å². The van der Waals surface area contributed by atoms with Crippen LogP contribution in [0.2, 0.25) is 0 Å². The van der Waals surface area contributed by atoms with Crippen LogP contribution >= 0.6 is 0 Å². The minimum absolute atomic E-state index is 0.291. The highest BCUT2D eigenvalue weighted by Crippen LogP contribution is 2.36. The van der Waals surface area contributed by atoms with Crippen LogP contribution in [-0.2, 0) is 12.6 Å². The zero-order valence-electron chi connectivity index (χ0n) is 11.7. The summed E-state index contributed by atoms with van der Waals surface area (Å²) in [6.45, 7) is 1.93. The number of alkyl halides is 3. The van der Waals surface area contributed by atoms with Crippen molar-refractivity contribution in [3.63, 3.8) is 0 Å². The first-order valence-electron chi connectivity index (χ1n) is 7.33. The van der Waals surface area contributed by atoms with Gasteiger partial charge in [0, 0.05) is 0 Å². The molecule has 0 bridgehead atoms. The number of hydrogen-bond donors (Lipinski definition) is 1. The van der Waals surface area contributed by atoms with E-state index in [-0.39, 0.29) is 0 Å². The van der Waals surface area contributed by atoms with E-state index < -0.39 is 11.7 Å². The van der Waals surface area contributed by atoms with E-state index in [4.69, 9.17) is 0 Å². The summed E-state index contributed by atoms with van der Waals surface area (Å²) in [5, 5.41) is 4.25. The number of hydrogen-bond acceptors (Lipinski definition) is 1. The van der Waals surface area contributed by atoms with Gasteiger partial charge in [-0.2, -0.15) is 13.2 Å². The molecule has 2 aromatic rings. The average molecular weight is 293 g/mol. The monoisotopic (exact) mass is 293 g/mol. The van der Waals surface area contributed by atoms with Crippen molar-refractivity contribution in [1.29, 1.82) is 0 Å². The number of nitrogens with one attached hydrogen (secondary N) is 1. The lowest BCUT2D eigenvalue weighted by Gasteiger charge is -2.23. The van der Waals surface area contributed by atoms with Gasteiger partial charge in [-0.1, -0.05) is 30.3 Å². The van der Waals surface area contributed by atoms with Crippen molar-refractivity contribution < 1.29 is 13.2 Å². The molecule has 1 N–H and O–H groups in total. The highest BCUT2D eigenvalue weighted by Gasteiger charge is 2.33. The van der Waals surface area contributed by atoms with E-state index >= 15 is 0 Å². The Kier molecular flexibility index (Phi) is 3.89. The minimum Gasteiger partial charge on any atom is -0.317 e. The summed E-state index contributed by atoms with van der Waals surface area (Å²) in [6, 6.07) is 10.0. The standard InChI is InChI=1S/C17H18F3N/c18-17(19,20)16-11-13(9-12-5-7-21-8-6-12)10-14-3-1-2-4-15(14)16/h1-4,10-12,21H,5-9H2. The van der Waals surface area contributed by atoms with Crippen LogP contribution in [-0.4, -0.2) is 13.1 Å². The molecular weight excluding hydrogens is 275 g/mol. The molecule has 0 unspecified atom stereocenters. The molecule has 112 valence electrons. The number of benzene rings is 2. The first-order chi connectivity index (χ1) is 10.0. The Morgan fingerprint density at radius 1 is 1.05 bits per heavy atom. The maximum Gasteiger partial charge on any atom is 0.417 e. The summed E-state index contributed by atoms with van der Waals surface area (Å²) in [7, 11) is 0. The zero-order valence-corrected chi connectivity index (χ0v) is 11.7. The van der Waals surface area contributed by atoms with Gasteiger partial charge in [0.15, 0.2) is 0 Å². The first kappa shape index (κ1) is 14.4. The van der Waals surface area contributed by atoms with Crippen molar-refractivity contribution in [2.75, 3.05) is 13.1 Å². The van der Waals surface area contributed by atoms with Crippen LogP contribution in [0.1, 0.15) is 24.0 Å². The van der Waals surface area contributed by atoms with Gasteiger partial charge in [-0.15, -0.1) is 0 Å². The third-order valence-electron chi connectivity index (χ3n) is 4.21. The van der Waals surface area contributed by atoms with Gasteiger partial charge in [0.25, 0.3) is 0 Å². The molecule has 0 amide bonds. The van der Waals surface area contributed by atoms with Crippen LogP contribution in [0.3, 0.4) is 0 Å². The van der Waals surface area contributed by atoms with Crippen molar-refractivity contribution in [2.24, 2.45) is 5.92 Å².